The van der Waals surface area contributed by atoms with Crippen LogP contribution in [0, 0.1) is 0 Å². The normalized spacial score (nSPS) is 22.7. The van der Waals surface area contributed by atoms with Gasteiger partial charge in [-0.2, -0.15) is 5.10 Å². The molecular weight excluding hydrogens is 188 g/mol. The molecule has 1 aromatic heterocycles. The van der Waals surface area contributed by atoms with Gasteiger partial charge in [-0.15, -0.1) is 0 Å². The maximum absolute atomic E-state index is 11.9. The van der Waals surface area contributed by atoms with Crippen molar-refractivity contribution in [1.29, 1.82) is 0 Å². The molecular formula is C12H18N2O. The van der Waals surface area contributed by atoms with E-state index >= 15 is 0 Å². The Morgan fingerprint density at radius 1 is 1.47 bits per heavy atom. The van der Waals surface area contributed by atoms with Gasteiger partial charge < -0.3 is 0 Å². The Morgan fingerprint density at radius 2 is 2.33 bits per heavy atom. The van der Waals surface area contributed by atoms with Crippen molar-refractivity contribution in [3.8, 4) is 0 Å². The van der Waals surface area contributed by atoms with Crippen LogP contribution in [0.3, 0.4) is 0 Å². The minimum Gasteiger partial charge on any atom is -0.299 e. The van der Waals surface area contributed by atoms with Gasteiger partial charge in [0.1, 0.15) is 5.78 Å². The second-order valence-electron chi connectivity index (χ2n) is 4.19. The Balaban J connectivity index is 2.23. The highest BCUT2D eigenvalue weighted by Crippen LogP contribution is 2.28. The van der Waals surface area contributed by atoms with Crippen LogP contribution in [0.25, 0.3) is 0 Å². The number of nitrogens with zero attached hydrogens (tertiary/aromatic N) is 2. The van der Waals surface area contributed by atoms with Gasteiger partial charge in [0, 0.05) is 24.9 Å². The fraction of sp³-hybridized carbons (Fsp3) is 0.667. The fourth-order valence-corrected chi connectivity index (χ4v) is 2.38. The number of hydrogen-bond acceptors (Lipinski definition) is 2. The quantitative estimate of drug-likeness (QED) is 0.697. The zero-order valence-electron chi connectivity index (χ0n) is 9.28. The predicted octanol–water partition coefficient (Wildman–Crippen LogP) is 2.52. The van der Waals surface area contributed by atoms with Gasteiger partial charge in [-0.25, -0.2) is 0 Å². The monoisotopic (exact) mass is 206 g/mol. The molecule has 1 saturated carbocycles. The van der Waals surface area contributed by atoms with E-state index in [1.807, 2.05) is 10.7 Å². The third-order valence-corrected chi connectivity index (χ3v) is 3.21. The van der Waals surface area contributed by atoms with E-state index in [9.17, 15) is 4.79 Å². The van der Waals surface area contributed by atoms with Crippen LogP contribution in [0.4, 0.5) is 0 Å². The minimum absolute atomic E-state index is 0.106. The predicted molar refractivity (Wildman–Crippen MR) is 58.7 cm³/mol. The Morgan fingerprint density at radius 3 is 3.13 bits per heavy atom. The average Bonchev–Trinajstić information content (AvgIpc) is 2.61. The Bertz CT molecular complexity index is 343. The summed E-state index contributed by atoms with van der Waals surface area (Å²) in [4.78, 5) is 11.9. The van der Waals surface area contributed by atoms with E-state index in [1.54, 1.807) is 6.20 Å². The van der Waals surface area contributed by atoms with Crippen molar-refractivity contribution in [1.82, 2.24) is 9.78 Å². The summed E-state index contributed by atoms with van der Waals surface area (Å²) < 4.78 is 1.95. The van der Waals surface area contributed by atoms with Gasteiger partial charge >= 0.3 is 0 Å². The van der Waals surface area contributed by atoms with Crippen molar-refractivity contribution in [3.05, 3.63) is 18.0 Å². The van der Waals surface area contributed by atoms with Gasteiger partial charge in [0.15, 0.2) is 0 Å². The first kappa shape index (κ1) is 10.4. The lowest BCUT2D eigenvalue weighted by Crippen LogP contribution is -2.15. The molecule has 82 valence electrons. The molecule has 0 saturated heterocycles. The number of carbonyl (C=O) groups excluding carboxylic acids is 1. The smallest absolute Gasteiger partial charge is 0.141 e. The SMILES string of the molecule is CCn1nccc1C1CCCCCC1=O. The third-order valence-electron chi connectivity index (χ3n) is 3.21. The molecule has 1 aliphatic rings. The summed E-state index contributed by atoms with van der Waals surface area (Å²) in [6, 6.07) is 2.00. The van der Waals surface area contributed by atoms with E-state index in [-0.39, 0.29) is 5.92 Å². The van der Waals surface area contributed by atoms with Gasteiger partial charge in [0.2, 0.25) is 0 Å². The minimum atomic E-state index is 0.106. The zero-order valence-corrected chi connectivity index (χ0v) is 9.28. The second kappa shape index (κ2) is 4.60. The molecule has 0 amide bonds. The van der Waals surface area contributed by atoms with E-state index in [1.165, 1.54) is 12.8 Å². The molecule has 1 heterocycles. The molecule has 0 aliphatic heterocycles. The number of Topliss-reactive ketones (excluding diaryl/α,β-unsaturated/α-hetero) is 1. The van der Waals surface area contributed by atoms with Crippen molar-refractivity contribution < 1.29 is 4.79 Å². The van der Waals surface area contributed by atoms with E-state index in [0.717, 1.165) is 31.5 Å². The average molecular weight is 206 g/mol. The lowest BCUT2D eigenvalue weighted by molar-refractivity contribution is -0.120. The van der Waals surface area contributed by atoms with Gasteiger partial charge in [-0.05, 0) is 25.8 Å². The van der Waals surface area contributed by atoms with E-state index in [0.29, 0.717) is 5.78 Å². The topological polar surface area (TPSA) is 34.9 Å². The van der Waals surface area contributed by atoms with Crippen LogP contribution in [-0.2, 0) is 11.3 Å². The molecule has 2 rings (SSSR count). The number of rotatable bonds is 2. The molecule has 1 aromatic rings. The Kier molecular flexibility index (Phi) is 3.19. The summed E-state index contributed by atoms with van der Waals surface area (Å²) >= 11 is 0. The number of carbonyl (C=O) groups is 1. The van der Waals surface area contributed by atoms with Gasteiger partial charge in [-0.1, -0.05) is 12.8 Å². The molecule has 0 radical (unpaired) electrons. The van der Waals surface area contributed by atoms with Gasteiger partial charge in [0.25, 0.3) is 0 Å². The molecule has 3 heteroatoms. The van der Waals surface area contributed by atoms with Crippen molar-refractivity contribution in [2.24, 2.45) is 0 Å². The first-order chi connectivity index (χ1) is 7.33. The maximum Gasteiger partial charge on any atom is 0.141 e. The third kappa shape index (κ3) is 2.11. The summed E-state index contributed by atoms with van der Waals surface area (Å²) in [7, 11) is 0. The molecule has 3 nitrogen and oxygen atoms in total. The molecule has 0 aromatic carbocycles. The first-order valence-electron chi connectivity index (χ1n) is 5.87. The highest BCUT2D eigenvalue weighted by atomic mass is 16.1. The van der Waals surface area contributed by atoms with Crippen LogP contribution >= 0.6 is 0 Å². The van der Waals surface area contributed by atoms with Crippen molar-refractivity contribution in [2.45, 2.75) is 51.5 Å². The first-order valence-corrected chi connectivity index (χ1v) is 5.87. The highest BCUT2D eigenvalue weighted by molar-refractivity contribution is 5.85. The molecule has 15 heavy (non-hydrogen) atoms. The van der Waals surface area contributed by atoms with Crippen molar-refractivity contribution >= 4 is 5.78 Å². The zero-order chi connectivity index (χ0) is 10.7. The van der Waals surface area contributed by atoms with E-state index in [4.69, 9.17) is 0 Å². The summed E-state index contributed by atoms with van der Waals surface area (Å²) in [5.74, 6) is 0.512. The fourth-order valence-electron chi connectivity index (χ4n) is 2.38. The van der Waals surface area contributed by atoms with Crippen LogP contribution in [0.5, 0.6) is 0 Å². The largest absolute Gasteiger partial charge is 0.299 e. The molecule has 0 bridgehead atoms. The number of aromatic nitrogens is 2. The van der Waals surface area contributed by atoms with Gasteiger partial charge in [-0.3, -0.25) is 9.48 Å². The molecule has 1 fully saturated rings. The lowest BCUT2D eigenvalue weighted by atomic mass is 9.95. The van der Waals surface area contributed by atoms with Crippen molar-refractivity contribution in [2.75, 3.05) is 0 Å². The summed E-state index contributed by atoms with van der Waals surface area (Å²) in [5, 5.41) is 4.24. The molecule has 0 N–H and O–H groups in total. The molecule has 1 unspecified atom stereocenters. The van der Waals surface area contributed by atoms with Crippen LogP contribution in [0.15, 0.2) is 12.3 Å². The van der Waals surface area contributed by atoms with Crippen LogP contribution in [0.2, 0.25) is 0 Å². The molecule has 1 aliphatic carbocycles. The second-order valence-corrected chi connectivity index (χ2v) is 4.19. The van der Waals surface area contributed by atoms with Crippen LogP contribution in [-0.4, -0.2) is 15.6 Å². The summed E-state index contributed by atoms with van der Waals surface area (Å²) in [6.45, 7) is 2.92. The molecule has 1 atom stereocenters. The van der Waals surface area contributed by atoms with Crippen LogP contribution < -0.4 is 0 Å². The van der Waals surface area contributed by atoms with E-state index < -0.39 is 0 Å². The molecule has 0 spiro atoms. The number of aryl methyl sites for hydroxylation is 1. The Labute approximate surface area is 90.5 Å². The lowest BCUT2D eigenvalue weighted by Gasteiger charge is -2.14. The van der Waals surface area contributed by atoms with Crippen molar-refractivity contribution in [3.63, 3.8) is 0 Å². The Hall–Kier alpha value is -1.12. The number of ketones is 1. The number of hydrogen-bond donors (Lipinski definition) is 0. The summed E-state index contributed by atoms with van der Waals surface area (Å²) in [5.41, 5.74) is 1.12. The summed E-state index contributed by atoms with van der Waals surface area (Å²) in [6.07, 6.45) is 6.99. The maximum atomic E-state index is 11.9. The van der Waals surface area contributed by atoms with E-state index in [2.05, 4.69) is 12.0 Å². The highest BCUT2D eigenvalue weighted by Gasteiger charge is 2.24. The van der Waals surface area contributed by atoms with Crippen LogP contribution in [0.1, 0.15) is 50.6 Å². The standard InChI is InChI=1S/C12H18N2O/c1-2-14-11(8-9-13-14)10-6-4-3-5-7-12(10)15/h8-10H,2-7H2,1H3. The van der Waals surface area contributed by atoms with Gasteiger partial charge in [0.05, 0.1) is 5.92 Å².